The normalized spacial score (nSPS) is 21.9. The van der Waals surface area contributed by atoms with Gasteiger partial charge in [0.15, 0.2) is 0 Å². The summed E-state index contributed by atoms with van der Waals surface area (Å²) in [7, 11) is 0. The number of allylic oxidation sites excluding steroid dienone is 2. The van der Waals surface area contributed by atoms with Gasteiger partial charge in [0.1, 0.15) is 12.4 Å². The van der Waals surface area contributed by atoms with E-state index in [0.29, 0.717) is 25.2 Å². The van der Waals surface area contributed by atoms with E-state index < -0.39 is 5.91 Å². The number of carbonyl (C=O) groups is 3. The Hall–Kier alpha value is -2.74. The highest BCUT2D eigenvalue weighted by Gasteiger charge is 2.47. The molecular weight excluding hydrogens is 352 g/mol. The molecule has 7 nitrogen and oxygen atoms in total. The average Bonchev–Trinajstić information content (AvgIpc) is 3.35. The Morgan fingerprint density at radius 2 is 1.92 bits per heavy atom. The smallest absolute Gasteiger partial charge is 0.245 e. The van der Waals surface area contributed by atoms with Gasteiger partial charge in [0.25, 0.3) is 0 Å². The second-order valence-electron chi connectivity index (χ2n) is 6.42. The summed E-state index contributed by atoms with van der Waals surface area (Å²) < 4.78 is 1.68. The lowest BCUT2D eigenvalue weighted by molar-refractivity contribution is -0.142. The van der Waals surface area contributed by atoms with Crippen molar-refractivity contribution in [1.29, 1.82) is 0 Å². The Labute approximate surface area is 154 Å². The largest absolute Gasteiger partial charge is 0.309 e. The molecule has 0 bridgehead atoms. The van der Waals surface area contributed by atoms with Gasteiger partial charge in [-0.1, -0.05) is 18.2 Å². The minimum atomic E-state index is -0.397. The second kappa shape index (κ2) is 6.87. The number of anilines is 1. The highest BCUT2D eigenvalue weighted by molar-refractivity contribution is 7.09. The molecule has 2 atom stereocenters. The maximum atomic E-state index is 12.4. The first-order chi connectivity index (χ1) is 12.6. The number of amides is 3. The van der Waals surface area contributed by atoms with Gasteiger partial charge in [-0.25, -0.2) is 4.68 Å². The minimum Gasteiger partial charge on any atom is -0.309 e. The molecule has 3 heterocycles. The van der Waals surface area contributed by atoms with Crippen LogP contribution >= 0.6 is 11.3 Å². The highest BCUT2D eigenvalue weighted by atomic mass is 32.1. The van der Waals surface area contributed by atoms with Crippen molar-refractivity contribution in [3.63, 3.8) is 0 Å². The minimum absolute atomic E-state index is 0.244. The number of hydrogen-bond acceptors (Lipinski definition) is 5. The molecule has 2 aromatic rings. The maximum Gasteiger partial charge on any atom is 0.245 e. The number of thiophene rings is 1. The lowest BCUT2D eigenvalue weighted by Crippen LogP contribution is -2.38. The molecule has 0 radical (unpaired) electrons. The van der Waals surface area contributed by atoms with Crippen molar-refractivity contribution in [1.82, 2.24) is 14.7 Å². The standard InChI is InChI=1S/C18H18N4O3S/c23-16(11-21-17(24)13-5-1-2-6-14(13)18(21)25)20-15-7-8-19-22(15)10-12-4-3-9-26-12/h1-4,7-9,13-14H,5-6,10-11H2,(H,20,23)/t13-,14-/m0/s1. The molecule has 0 spiro atoms. The van der Waals surface area contributed by atoms with Gasteiger partial charge in [0.2, 0.25) is 17.7 Å². The van der Waals surface area contributed by atoms with Crippen LogP contribution in [0.1, 0.15) is 17.7 Å². The number of rotatable bonds is 5. The molecular formula is C18H18N4O3S. The highest BCUT2D eigenvalue weighted by Crippen LogP contribution is 2.34. The van der Waals surface area contributed by atoms with E-state index in [1.807, 2.05) is 29.7 Å². The van der Waals surface area contributed by atoms with E-state index in [2.05, 4.69) is 10.4 Å². The topological polar surface area (TPSA) is 84.3 Å². The van der Waals surface area contributed by atoms with E-state index >= 15 is 0 Å². The molecule has 0 unspecified atom stereocenters. The van der Waals surface area contributed by atoms with Gasteiger partial charge < -0.3 is 5.32 Å². The first kappa shape index (κ1) is 16.7. The fourth-order valence-corrected chi connectivity index (χ4v) is 4.15. The number of imide groups is 1. The first-order valence-electron chi connectivity index (χ1n) is 8.48. The molecule has 26 heavy (non-hydrogen) atoms. The molecule has 8 heteroatoms. The summed E-state index contributed by atoms with van der Waals surface area (Å²) in [4.78, 5) is 39.5. The lowest BCUT2D eigenvalue weighted by Gasteiger charge is -2.15. The lowest BCUT2D eigenvalue weighted by atomic mass is 9.85. The molecule has 134 valence electrons. The Balaban J connectivity index is 1.41. The third-order valence-electron chi connectivity index (χ3n) is 4.77. The Bertz CT molecular complexity index is 845. The van der Waals surface area contributed by atoms with Gasteiger partial charge in [-0.2, -0.15) is 5.10 Å². The zero-order chi connectivity index (χ0) is 18.1. The van der Waals surface area contributed by atoms with Crippen molar-refractivity contribution >= 4 is 34.9 Å². The van der Waals surface area contributed by atoms with E-state index in [9.17, 15) is 14.4 Å². The zero-order valence-electron chi connectivity index (χ0n) is 14.0. The Morgan fingerprint density at radius 3 is 2.58 bits per heavy atom. The molecule has 3 amide bonds. The third kappa shape index (κ3) is 3.08. The van der Waals surface area contributed by atoms with Gasteiger partial charge in [-0.15, -0.1) is 11.3 Å². The predicted molar refractivity (Wildman–Crippen MR) is 96.4 cm³/mol. The van der Waals surface area contributed by atoms with Gasteiger partial charge in [0, 0.05) is 10.9 Å². The fraction of sp³-hybridized carbons (Fsp3) is 0.333. The van der Waals surface area contributed by atoms with Crippen LogP contribution in [0, 0.1) is 11.8 Å². The molecule has 1 N–H and O–H groups in total. The van der Waals surface area contributed by atoms with E-state index in [1.165, 1.54) is 0 Å². The van der Waals surface area contributed by atoms with Gasteiger partial charge in [-0.3, -0.25) is 19.3 Å². The van der Waals surface area contributed by atoms with E-state index in [4.69, 9.17) is 0 Å². The van der Waals surface area contributed by atoms with Crippen LogP contribution in [0.5, 0.6) is 0 Å². The summed E-state index contributed by atoms with van der Waals surface area (Å²) in [6, 6.07) is 5.65. The van der Waals surface area contributed by atoms with Crippen LogP contribution in [-0.4, -0.2) is 38.9 Å². The number of aromatic nitrogens is 2. The van der Waals surface area contributed by atoms with Gasteiger partial charge >= 0.3 is 0 Å². The summed E-state index contributed by atoms with van der Waals surface area (Å²) >= 11 is 1.61. The van der Waals surface area contributed by atoms with Crippen molar-refractivity contribution in [3.8, 4) is 0 Å². The third-order valence-corrected chi connectivity index (χ3v) is 5.63. The van der Waals surface area contributed by atoms with Crippen LogP contribution in [-0.2, 0) is 20.9 Å². The summed E-state index contributed by atoms with van der Waals surface area (Å²) in [5.74, 6) is -0.972. The summed E-state index contributed by atoms with van der Waals surface area (Å²) in [5.41, 5.74) is 0. The molecule has 1 aliphatic carbocycles. The van der Waals surface area contributed by atoms with Gasteiger partial charge in [-0.05, 0) is 24.3 Å². The molecule has 1 aliphatic heterocycles. The molecule has 2 aromatic heterocycles. The Kier molecular flexibility index (Phi) is 4.42. The van der Waals surface area contributed by atoms with E-state index in [1.54, 1.807) is 28.3 Å². The van der Waals surface area contributed by atoms with Crippen molar-refractivity contribution in [2.45, 2.75) is 19.4 Å². The number of hydrogen-bond donors (Lipinski definition) is 1. The monoisotopic (exact) mass is 370 g/mol. The van der Waals surface area contributed by atoms with Crippen molar-refractivity contribution in [2.75, 3.05) is 11.9 Å². The number of nitrogens with one attached hydrogen (secondary N) is 1. The maximum absolute atomic E-state index is 12.4. The predicted octanol–water partition coefficient (Wildman–Crippen LogP) is 1.88. The van der Waals surface area contributed by atoms with Crippen LogP contribution in [0.4, 0.5) is 5.82 Å². The zero-order valence-corrected chi connectivity index (χ0v) is 14.8. The van der Waals surface area contributed by atoms with Crippen molar-refractivity contribution in [2.24, 2.45) is 11.8 Å². The second-order valence-corrected chi connectivity index (χ2v) is 7.45. The molecule has 2 aliphatic rings. The molecule has 1 fully saturated rings. The van der Waals surface area contributed by atoms with Crippen LogP contribution in [0.15, 0.2) is 41.9 Å². The number of likely N-dealkylation sites (tertiary alicyclic amines) is 1. The number of fused-ring (bicyclic) bond motifs is 1. The quantitative estimate of drug-likeness (QED) is 0.643. The van der Waals surface area contributed by atoms with E-state index in [-0.39, 0.29) is 30.2 Å². The summed E-state index contributed by atoms with van der Waals surface area (Å²) in [6.45, 7) is 0.298. The van der Waals surface area contributed by atoms with Gasteiger partial charge in [0.05, 0.1) is 24.6 Å². The summed E-state index contributed by atoms with van der Waals surface area (Å²) in [5, 5.41) is 8.96. The van der Waals surface area contributed by atoms with Crippen molar-refractivity contribution in [3.05, 3.63) is 46.8 Å². The van der Waals surface area contributed by atoms with Crippen molar-refractivity contribution < 1.29 is 14.4 Å². The average molecular weight is 370 g/mol. The summed E-state index contributed by atoms with van der Waals surface area (Å²) in [6.07, 6.45) is 6.61. The molecule has 1 saturated heterocycles. The molecule has 4 rings (SSSR count). The molecule has 0 aromatic carbocycles. The van der Waals surface area contributed by atoms with Crippen LogP contribution in [0.2, 0.25) is 0 Å². The van der Waals surface area contributed by atoms with Crippen LogP contribution in [0.25, 0.3) is 0 Å². The Morgan fingerprint density at radius 1 is 1.19 bits per heavy atom. The fourth-order valence-electron chi connectivity index (χ4n) is 3.47. The number of nitrogens with zero attached hydrogens (tertiary/aromatic N) is 3. The SMILES string of the molecule is O=C(CN1C(=O)[C@H]2CC=CC[C@@H]2C1=O)Nc1ccnn1Cc1cccs1. The first-order valence-corrected chi connectivity index (χ1v) is 9.35. The number of carbonyl (C=O) groups excluding carboxylic acids is 3. The van der Waals surface area contributed by atoms with E-state index in [0.717, 1.165) is 9.78 Å². The van der Waals surface area contributed by atoms with Crippen LogP contribution in [0.3, 0.4) is 0 Å². The molecule has 0 saturated carbocycles. The van der Waals surface area contributed by atoms with Crippen LogP contribution < -0.4 is 5.32 Å².